The second-order valence-electron chi connectivity index (χ2n) is 8.38. The number of anilines is 1. The van der Waals surface area contributed by atoms with Crippen molar-refractivity contribution in [2.45, 2.75) is 31.6 Å². The molecular formula is C23H25N5O4S. The van der Waals surface area contributed by atoms with Gasteiger partial charge in [0, 0.05) is 23.7 Å². The highest BCUT2D eigenvalue weighted by molar-refractivity contribution is 7.77. The number of aryl methyl sites for hydroxylation is 1. The fourth-order valence-corrected chi connectivity index (χ4v) is 4.93. The van der Waals surface area contributed by atoms with Crippen LogP contribution in [0, 0.1) is 12.8 Å². The molecule has 1 aliphatic rings. The summed E-state index contributed by atoms with van der Waals surface area (Å²) in [6, 6.07) is 15.6. The molecule has 2 aromatic carbocycles. The molecule has 2 heterocycles. The number of aliphatic hydroxyl groups excluding tert-OH is 2. The second-order valence-corrected chi connectivity index (χ2v) is 9.14. The summed E-state index contributed by atoms with van der Waals surface area (Å²) >= 11 is -1.92. The summed E-state index contributed by atoms with van der Waals surface area (Å²) in [6.07, 6.45) is 0.0489. The van der Waals surface area contributed by atoms with Gasteiger partial charge in [-0.1, -0.05) is 36.4 Å². The maximum Gasteiger partial charge on any atom is 0.231 e. The van der Waals surface area contributed by atoms with Crippen LogP contribution in [-0.4, -0.2) is 53.9 Å². The van der Waals surface area contributed by atoms with Crippen LogP contribution in [0.2, 0.25) is 0 Å². The third kappa shape index (κ3) is 4.11. The van der Waals surface area contributed by atoms with Crippen molar-refractivity contribution in [2.24, 2.45) is 11.1 Å². The van der Waals surface area contributed by atoms with Gasteiger partial charge in [-0.3, -0.25) is 4.18 Å². The monoisotopic (exact) mass is 467 g/mol. The Bertz CT molecular complexity index is 1340. The fourth-order valence-electron chi connectivity index (χ4n) is 4.62. The summed E-state index contributed by atoms with van der Waals surface area (Å²) in [6.45, 7) is 2.06. The lowest BCUT2D eigenvalue weighted by atomic mass is 9.97. The van der Waals surface area contributed by atoms with Gasteiger partial charge >= 0.3 is 0 Å². The topological polar surface area (TPSA) is 135 Å². The van der Waals surface area contributed by atoms with Crippen molar-refractivity contribution in [3.8, 4) is 11.3 Å². The molecule has 0 saturated heterocycles. The molecule has 5 N–H and O–H groups in total. The number of benzene rings is 2. The molecule has 1 unspecified atom stereocenters. The zero-order valence-electron chi connectivity index (χ0n) is 18.0. The van der Waals surface area contributed by atoms with Crippen molar-refractivity contribution in [3.63, 3.8) is 0 Å². The maximum atomic E-state index is 11.0. The summed E-state index contributed by atoms with van der Waals surface area (Å²) in [4.78, 5) is 4.45. The average molecular weight is 468 g/mol. The minimum absolute atomic E-state index is 0.00243. The predicted octanol–water partition coefficient (Wildman–Crippen LogP) is 1.93. The Labute approximate surface area is 193 Å². The lowest BCUT2D eigenvalue weighted by molar-refractivity contribution is 0.00834. The molecule has 0 radical (unpaired) electrons. The molecular weight excluding hydrogens is 442 g/mol. The first-order chi connectivity index (χ1) is 15.9. The standard InChI is InChI=1S/C23H25N5O4S/c1-13-6-7-14-4-2-3-5-16(14)21(13)17-11-20-25-9-8-19(28(20)27-17)26-18-10-15(12-32-33(24)31)22(29)23(18)30/h2-9,11,15,18,22-23,26,29-30H,10,12,24H2,1H3/t15-,18-,22-,23+,33?/m1/s1. The number of hydrogen-bond donors (Lipinski definition) is 4. The van der Waals surface area contributed by atoms with Gasteiger partial charge in [-0.25, -0.2) is 14.3 Å². The van der Waals surface area contributed by atoms with Gasteiger partial charge in [0.25, 0.3) is 0 Å². The summed E-state index contributed by atoms with van der Waals surface area (Å²) < 4.78 is 17.7. The van der Waals surface area contributed by atoms with Crippen LogP contribution in [0.4, 0.5) is 5.82 Å². The molecule has 1 fully saturated rings. The van der Waals surface area contributed by atoms with Gasteiger partial charge in [-0.05, 0) is 35.7 Å². The maximum absolute atomic E-state index is 11.0. The molecule has 33 heavy (non-hydrogen) atoms. The quantitative estimate of drug-likeness (QED) is 0.340. The molecule has 0 amide bonds. The van der Waals surface area contributed by atoms with Crippen molar-refractivity contribution in [1.29, 1.82) is 0 Å². The van der Waals surface area contributed by atoms with E-state index in [0.717, 1.165) is 27.6 Å². The molecule has 10 heteroatoms. The van der Waals surface area contributed by atoms with Crippen LogP contribution < -0.4 is 10.5 Å². The molecule has 4 aromatic rings. The van der Waals surface area contributed by atoms with Gasteiger partial charge in [-0.2, -0.15) is 9.61 Å². The Morgan fingerprint density at radius 2 is 2.03 bits per heavy atom. The fraction of sp³-hybridized carbons (Fsp3) is 0.304. The van der Waals surface area contributed by atoms with Gasteiger partial charge in [0.05, 0.1) is 24.4 Å². The van der Waals surface area contributed by atoms with Gasteiger partial charge < -0.3 is 15.5 Å². The molecule has 1 aliphatic carbocycles. The van der Waals surface area contributed by atoms with Crippen molar-refractivity contribution >= 4 is 33.5 Å². The van der Waals surface area contributed by atoms with E-state index in [4.69, 9.17) is 14.4 Å². The Kier molecular flexibility index (Phi) is 5.85. The molecule has 2 aromatic heterocycles. The Hall–Kier alpha value is -2.89. The highest BCUT2D eigenvalue weighted by Crippen LogP contribution is 2.33. The van der Waals surface area contributed by atoms with E-state index in [1.54, 1.807) is 16.8 Å². The molecule has 5 rings (SSSR count). The summed E-state index contributed by atoms with van der Waals surface area (Å²) in [5, 5.41) is 36.4. The predicted molar refractivity (Wildman–Crippen MR) is 126 cm³/mol. The molecule has 0 aliphatic heterocycles. The summed E-state index contributed by atoms with van der Waals surface area (Å²) in [5.74, 6) is 0.248. The minimum Gasteiger partial charge on any atom is -0.390 e. The van der Waals surface area contributed by atoms with Crippen molar-refractivity contribution in [1.82, 2.24) is 14.6 Å². The van der Waals surface area contributed by atoms with E-state index in [1.807, 2.05) is 18.2 Å². The van der Waals surface area contributed by atoms with Crippen molar-refractivity contribution in [2.75, 3.05) is 11.9 Å². The molecule has 5 atom stereocenters. The van der Waals surface area contributed by atoms with E-state index >= 15 is 0 Å². The molecule has 0 bridgehead atoms. The third-order valence-corrected chi connectivity index (χ3v) is 6.65. The first-order valence-electron chi connectivity index (χ1n) is 10.7. The third-order valence-electron chi connectivity index (χ3n) is 6.28. The highest BCUT2D eigenvalue weighted by Gasteiger charge is 2.42. The first-order valence-corrected chi connectivity index (χ1v) is 11.8. The van der Waals surface area contributed by atoms with Gasteiger partial charge in [0.2, 0.25) is 11.3 Å². The number of nitrogens with zero attached hydrogens (tertiary/aromatic N) is 3. The zero-order valence-corrected chi connectivity index (χ0v) is 18.8. The second kappa shape index (κ2) is 8.81. The van der Waals surface area contributed by atoms with E-state index in [9.17, 15) is 14.4 Å². The van der Waals surface area contributed by atoms with E-state index in [-0.39, 0.29) is 6.61 Å². The summed E-state index contributed by atoms with van der Waals surface area (Å²) in [7, 11) is 0. The smallest absolute Gasteiger partial charge is 0.231 e. The Balaban J connectivity index is 1.48. The molecule has 9 nitrogen and oxygen atoms in total. The van der Waals surface area contributed by atoms with Gasteiger partial charge in [0.1, 0.15) is 11.9 Å². The number of hydrogen-bond acceptors (Lipinski definition) is 7. The first kappa shape index (κ1) is 21.9. The SMILES string of the molecule is Cc1ccc2ccccc2c1-c1cc2nccc(N[C@@H]3C[C@H](COS(N)=O)[C@@H](O)[C@H]3O)n2n1. The van der Waals surface area contributed by atoms with Crippen molar-refractivity contribution < 1.29 is 18.6 Å². The molecule has 172 valence electrons. The lowest BCUT2D eigenvalue weighted by Crippen LogP contribution is -2.36. The number of aliphatic hydroxyl groups is 2. The van der Waals surface area contributed by atoms with Crippen LogP contribution in [0.5, 0.6) is 0 Å². The van der Waals surface area contributed by atoms with E-state index < -0.39 is 35.4 Å². The van der Waals surface area contributed by atoms with Gasteiger partial charge in [0.15, 0.2) is 5.65 Å². The van der Waals surface area contributed by atoms with Crippen LogP contribution in [0.1, 0.15) is 12.0 Å². The van der Waals surface area contributed by atoms with E-state index in [1.165, 1.54) is 0 Å². The average Bonchev–Trinajstić information content (AvgIpc) is 3.34. The van der Waals surface area contributed by atoms with E-state index in [2.05, 4.69) is 41.5 Å². The van der Waals surface area contributed by atoms with Gasteiger partial charge in [-0.15, -0.1) is 0 Å². The van der Waals surface area contributed by atoms with Crippen LogP contribution in [0.15, 0.2) is 54.7 Å². The lowest BCUT2D eigenvalue weighted by Gasteiger charge is -2.19. The number of aromatic nitrogens is 3. The normalized spacial score (nSPS) is 23.9. The van der Waals surface area contributed by atoms with Crippen LogP contribution in [-0.2, 0) is 15.4 Å². The minimum atomic E-state index is -1.92. The Morgan fingerprint density at radius 1 is 1.21 bits per heavy atom. The van der Waals surface area contributed by atoms with E-state index in [0.29, 0.717) is 17.9 Å². The number of nitrogens with one attached hydrogen (secondary N) is 1. The van der Waals surface area contributed by atoms with Crippen LogP contribution >= 0.6 is 0 Å². The molecule has 1 saturated carbocycles. The largest absolute Gasteiger partial charge is 0.390 e. The highest BCUT2D eigenvalue weighted by atomic mass is 32.2. The number of fused-ring (bicyclic) bond motifs is 2. The van der Waals surface area contributed by atoms with Crippen LogP contribution in [0.25, 0.3) is 27.7 Å². The van der Waals surface area contributed by atoms with Crippen molar-refractivity contribution in [3.05, 3.63) is 60.3 Å². The summed E-state index contributed by atoms with van der Waals surface area (Å²) in [5.41, 5.74) is 3.62. The molecule has 0 spiro atoms. The zero-order chi connectivity index (χ0) is 23.1. The number of rotatable bonds is 6. The van der Waals surface area contributed by atoms with Crippen LogP contribution in [0.3, 0.4) is 0 Å². The Morgan fingerprint density at radius 3 is 2.85 bits per heavy atom. The number of nitrogens with two attached hydrogens (primary N) is 1.